The first kappa shape index (κ1) is 17.3. The van der Waals surface area contributed by atoms with Crippen LogP contribution in [0.5, 0.6) is 0 Å². The fourth-order valence-corrected chi connectivity index (χ4v) is 3.00. The van der Waals surface area contributed by atoms with E-state index in [1.807, 2.05) is 12.3 Å². The van der Waals surface area contributed by atoms with E-state index in [1.54, 1.807) is 36.4 Å². The minimum atomic E-state index is -1.17. The zero-order chi connectivity index (χ0) is 18.8. The average molecular weight is 371 g/mol. The third-order valence-electron chi connectivity index (χ3n) is 4.42. The number of rotatable bonds is 5. The van der Waals surface area contributed by atoms with Gasteiger partial charge in [0.15, 0.2) is 5.69 Å². The molecule has 140 valence electrons. The molecule has 0 saturated carbocycles. The molecule has 4 rings (SSSR count). The van der Waals surface area contributed by atoms with Crippen LogP contribution in [0.3, 0.4) is 0 Å². The number of amides is 1. The quantitative estimate of drug-likeness (QED) is 0.713. The van der Waals surface area contributed by atoms with Crippen LogP contribution >= 0.6 is 0 Å². The summed E-state index contributed by atoms with van der Waals surface area (Å²) in [6.07, 6.45) is 7.11. The second-order valence-corrected chi connectivity index (χ2v) is 6.34. The molecule has 1 unspecified atom stereocenters. The molecule has 0 radical (unpaired) electrons. The SMILES string of the molecule is Cn1cc(C(NC(=O)c2cn([C@@H]3COC[C@@H]3F)nn2)c2cccnc2)cn1. The minimum Gasteiger partial charge on any atom is -0.376 e. The highest BCUT2D eigenvalue weighted by Gasteiger charge is 2.31. The number of hydrogen-bond donors (Lipinski definition) is 1. The van der Waals surface area contributed by atoms with Gasteiger partial charge < -0.3 is 10.1 Å². The van der Waals surface area contributed by atoms with E-state index in [-0.39, 0.29) is 18.9 Å². The van der Waals surface area contributed by atoms with Gasteiger partial charge in [-0.15, -0.1) is 5.10 Å². The molecule has 1 saturated heterocycles. The summed E-state index contributed by atoms with van der Waals surface area (Å²) in [6.45, 7) is 0.232. The molecule has 4 heterocycles. The highest BCUT2D eigenvalue weighted by Crippen LogP contribution is 2.23. The lowest BCUT2D eigenvalue weighted by Crippen LogP contribution is -2.29. The Bertz CT molecular complexity index is 926. The van der Waals surface area contributed by atoms with Crippen LogP contribution in [0.4, 0.5) is 4.39 Å². The summed E-state index contributed by atoms with van der Waals surface area (Å²) in [7, 11) is 1.80. The molecule has 1 aliphatic rings. The maximum Gasteiger partial charge on any atom is 0.274 e. The van der Waals surface area contributed by atoms with Gasteiger partial charge in [0.1, 0.15) is 12.2 Å². The molecule has 1 fully saturated rings. The Hall–Kier alpha value is -3.14. The van der Waals surface area contributed by atoms with Gasteiger partial charge in [0.05, 0.1) is 31.6 Å². The number of carbonyl (C=O) groups excluding carboxylic acids is 1. The molecule has 3 atom stereocenters. The van der Waals surface area contributed by atoms with Crippen LogP contribution in [0, 0.1) is 0 Å². The van der Waals surface area contributed by atoms with E-state index >= 15 is 0 Å². The first-order chi connectivity index (χ1) is 13.1. The van der Waals surface area contributed by atoms with Crippen LogP contribution in [0.15, 0.2) is 43.1 Å². The Morgan fingerprint density at radius 3 is 2.89 bits per heavy atom. The molecule has 9 nitrogen and oxygen atoms in total. The normalized spacial score (nSPS) is 20.5. The molecule has 3 aromatic heterocycles. The summed E-state index contributed by atoms with van der Waals surface area (Å²) in [5.41, 5.74) is 1.71. The number of alkyl halides is 1. The van der Waals surface area contributed by atoms with Gasteiger partial charge in [0.25, 0.3) is 5.91 Å². The molecule has 1 aliphatic heterocycles. The van der Waals surface area contributed by atoms with Crippen LogP contribution in [0.1, 0.15) is 33.7 Å². The maximum absolute atomic E-state index is 13.8. The number of hydrogen-bond acceptors (Lipinski definition) is 6. The summed E-state index contributed by atoms with van der Waals surface area (Å²) in [5.74, 6) is -0.423. The van der Waals surface area contributed by atoms with Crippen molar-refractivity contribution in [3.05, 3.63) is 59.9 Å². The van der Waals surface area contributed by atoms with Gasteiger partial charge in [0.2, 0.25) is 0 Å². The Morgan fingerprint density at radius 2 is 2.22 bits per heavy atom. The van der Waals surface area contributed by atoms with Gasteiger partial charge >= 0.3 is 0 Å². The van der Waals surface area contributed by atoms with E-state index in [0.29, 0.717) is 0 Å². The molecule has 0 aromatic carbocycles. The molecular weight excluding hydrogens is 353 g/mol. The first-order valence-corrected chi connectivity index (χ1v) is 8.45. The Morgan fingerprint density at radius 1 is 1.33 bits per heavy atom. The lowest BCUT2D eigenvalue weighted by Gasteiger charge is -2.16. The second-order valence-electron chi connectivity index (χ2n) is 6.34. The van der Waals surface area contributed by atoms with Crippen molar-refractivity contribution in [2.45, 2.75) is 18.3 Å². The van der Waals surface area contributed by atoms with Crippen molar-refractivity contribution >= 4 is 5.91 Å². The van der Waals surface area contributed by atoms with Gasteiger partial charge in [-0.25, -0.2) is 9.07 Å². The summed E-state index contributed by atoms with van der Waals surface area (Å²) in [6, 6.07) is 2.65. The van der Waals surface area contributed by atoms with Gasteiger partial charge in [-0.05, 0) is 11.6 Å². The number of aryl methyl sites for hydroxylation is 1. The topological polar surface area (TPSA) is 99.8 Å². The van der Waals surface area contributed by atoms with Gasteiger partial charge in [-0.3, -0.25) is 14.5 Å². The first-order valence-electron chi connectivity index (χ1n) is 8.45. The van der Waals surface area contributed by atoms with Crippen LogP contribution in [-0.4, -0.2) is 55.1 Å². The van der Waals surface area contributed by atoms with E-state index in [0.717, 1.165) is 11.1 Å². The maximum atomic E-state index is 13.8. The van der Waals surface area contributed by atoms with Gasteiger partial charge in [-0.2, -0.15) is 5.10 Å². The van der Waals surface area contributed by atoms with Gasteiger partial charge in [0, 0.05) is 31.2 Å². The predicted molar refractivity (Wildman–Crippen MR) is 91.5 cm³/mol. The third-order valence-corrected chi connectivity index (χ3v) is 4.42. The molecule has 0 spiro atoms. The second kappa shape index (κ2) is 7.23. The van der Waals surface area contributed by atoms with Crippen LogP contribution < -0.4 is 5.32 Å². The Labute approximate surface area is 154 Å². The number of nitrogens with one attached hydrogen (secondary N) is 1. The minimum absolute atomic E-state index is 0.0240. The van der Waals surface area contributed by atoms with Crippen molar-refractivity contribution in [2.24, 2.45) is 7.05 Å². The van der Waals surface area contributed by atoms with E-state index in [2.05, 4.69) is 25.7 Å². The van der Waals surface area contributed by atoms with Crippen LogP contribution in [-0.2, 0) is 11.8 Å². The van der Waals surface area contributed by atoms with E-state index in [9.17, 15) is 9.18 Å². The Balaban J connectivity index is 1.56. The number of halogens is 1. The van der Waals surface area contributed by atoms with Crippen LogP contribution in [0.2, 0.25) is 0 Å². The molecule has 3 aromatic rings. The highest BCUT2D eigenvalue weighted by molar-refractivity contribution is 5.92. The summed E-state index contributed by atoms with van der Waals surface area (Å²) in [4.78, 5) is 16.8. The number of nitrogens with zero attached hydrogens (tertiary/aromatic N) is 6. The standard InChI is InChI=1S/C17H18FN7O2/c1-24-7-12(6-20-24)16(11-3-2-4-19-5-11)21-17(26)14-8-25(23-22-14)15-10-27-9-13(15)18/h2-8,13,15-16H,9-10H2,1H3,(H,21,26)/t13-,15+,16?/m0/s1. The molecule has 10 heteroatoms. The largest absolute Gasteiger partial charge is 0.376 e. The zero-order valence-corrected chi connectivity index (χ0v) is 14.6. The summed E-state index contributed by atoms with van der Waals surface area (Å²) >= 11 is 0. The van der Waals surface area contributed by atoms with E-state index < -0.39 is 24.2 Å². The van der Waals surface area contributed by atoms with Crippen molar-refractivity contribution in [2.75, 3.05) is 13.2 Å². The fraction of sp³-hybridized carbons (Fsp3) is 0.353. The number of pyridine rings is 1. The molecule has 0 aliphatic carbocycles. The fourth-order valence-electron chi connectivity index (χ4n) is 3.00. The number of aromatic nitrogens is 6. The van der Waals surface area contributed by atoms with E-state index in [4.69, 9.17) is 4.74 Å². The lowest BCUT2D eigenvalue weighted by molar-refractivity contribution is 0.0937. The predicted octanol–water partition coefficient (Wildman–Crippen LogP) is 0.835. The Kier molecular flexibility index (Phi) is 4.63. The lowest BCUT2D eigenvalue weighted by atomic mass is 10.0. The van der Waals surface area contributed by atoms with Crippen molar-refractivity contribution in [3.8, 4) is 0 Å². The molecule has 0 bridgehead atoms. The smallest absolute Gasteiger partial charge is 0.274 e. The van der Waals surface area contributed by atoms with Gasteiger partial charge in [-0.1, -0.05) is 11.3 Å². The highest BCUT2D eigenvalue weighted by atomic mass is 19.1. The van der Waals surface area contributed by atoms with Crippen LogP contribution in [0.25, 0.3) is 0 Å². The molecule has 1 amide bonds. The number of ether oxygens (including phenoxy) is 1. The van der Waals surface area contributed by atoms with Crippen molar-refractivity contribution in [1.82, 2.24) is 35.1 Å². The van der Waals surface area contributed by atoms with Crippen molar-refractivity contribution < 1.29 is 13.9 Å². The number of carbonyl (C=O) groups is 1. The average Bonchev–Trinajstić information content (AvgIpc) is 3.41. The van der Waals surface area contributed by atoms with Crippen molar-refractivity contribution in [3.63, 3.8) is 0 Å². The summed E-state index contributed by atoms with van der Waals surface area (Å²) < 4.78 is 21.9. The van der Waals surface area contributed by atoms with Crippen molar-refractivity contribution in [1.29, 1.82) is 0 Å². The molecule has 1 N–H and O–H groups in total. The molecule has 27 heavy (non-hydrogen) atoms. The monoisotopic (exact) mass is 371 g/mol. The van der Waals surface area contributed by atoms with E-state index in [1.165, 1.54) is 10.9 Å². The molecular formula is C17H18FN7O2. The zero-order valence-electron chi connectivity index (χ0n) is 14.6. The third kappa shape index (κ3) is 3.56. The summed E-state index contributed by atoms with van der Waals surface area (Å²) in [5, 5.41) is 14.9.